The van der Waals surface area contributed by atoms with Crippen LogP contribution in [0.5, 0.6) is 0 Å². The van der Waals surface area contributed by atoms with Gasteiger partial charge in [0.05, 0.1) is 0 Å². The second-order valence-electron chi connectivity index (χ2n) is 9.67. The van der Waals surface area contributed by atoms with E-state index >= 15 is 0 Å². The molecule has 0 radical (unpaired) electrons. The summed E-state index contributed by atoms with van der Waals surface area (Å²) in [5.41, 5.74) is -0.573. The van der Waals surface area contributed by atoms with Crippen LogP contribution in [0, 0.1) is 5.92 Å². The van der Waals surface area contributed by atoms with Crippen LogP contribution in [0.3, 0.4) is 0 Å². The highest BCUT2D eigenvalue weighted by Crippen LogP contribution is 2.47. The Bertz CT molecular complexity index is 808. The second kappa shape index (κ2) is 7.60. The van der Waals surface area contributed by atoms with E-state index in [2.05, 4.69) is 0 Å². The number of hydrogen-bond acceptors (Lipinski definition) is 6. The predicted octanol–water partition coefficient (Wildman–Crippen LogP) is 3.80. The third kappa shape index (κ3) is 4.30. The average molecular weight is 418 g/mol. The van der Waals surface area contributed by atoms with Gasteiger partial charge < -0.3 is 19.1 Å². The molecule has 0 saturated carbocycles. The normalized spacial score (nSPS) is 27.3. The molecule has 30 heavy (non-hydrogen) atoms. The zero-order chi connectivity index (χ0) is 22.3. The molecular weight excluding hydrogens is 386 g/mol. The molecule has 1 aromatic rings. The predicted molar refractivity (Wildman–Crippen MR) is 110 cm³/mol. The average Bonchev–Trinajstić information content (AvgIpc) is 2.59. The van der Waals surface area contributed by atoms with E-state index in [1.807, 2.05) is 58.0 Å². The number of hydrogen-bond donors (Lipinski definition) is 0. The zero-order valence-corrected chi connectivity index (χ0v) is 18.6. The summed E-state index contributed by atoms with van der Waals surface area (Å²) in [5.74, 6) is -3.54. The van der Waals surface area contributed by atoms with E-state index in [9.17, 15) is 14.4 Å². The first-order chi connectivity index (χ1) is 13.8. The number of rotatable bonds is 2. The first-order valence-electron chi connectivity index (χ1n) is 10.4. The lowest BCUT2D eigenvalue weighted by Gasteiger charge is -2.49. The molecule has 0 aliphatic carbocycles. The third-order valence-electron chi connectivity index (χ3n) is 5.68. The fourth-order valence-electron chi connectivity index (χ4n) is 4.50. The molecule has 1 aromatic carbocycles. The van der Waals surface area contributed by atoms with Crippen molar-refractivity contribution >= 4 is 18.0 Å². The fraction of sp³-hybridized carbons (Fsp3) is 0.609. The maximum Gasteiger partial charge on any atom is 0.410 e. The van der Waals surface area contributed by atoms with Crippen molar-refractivity contribution in [3.8, 4) is 0 Å². The van der Waals surface area contributed by atoms with Crippen molar-refractivity contribution in [2.75, 3.05) is 6.54 Å². The van der Waals surface area contributed by atoms with Crippen LogP contribution in [0.25, 0.3) is 0 Å². The summed E-state index contributed by atoms with van der Waals surface area (Å²) in [5, 5.41) is 0. The molecule has 1 amide bonds. The van der Waals surface area contributed by atoms with Gasteiger partial charge in [-0.25, -0.2) is 4.79 Å². The fourth-order valence-corrected chi connectivity index (χ4v) is 4.50. The van der Waals surface area contributed by atoms with E-state index in [0.29, 0.717) is 19.4 Å². The van der Waals surface area contributed by atoms with Gasteiger partial charge in [-0.2, -0.15) is 0 Å². The summed E-state index contributed by atoms with van der Waals surface area (Å²) in [7, 11) is 0. The van der Waals surface area contributed by atoms with Gasteiger partial charge in [-0.3, -0.25) is 9.59 Å². The quantitative estimate of drug-likeness (QED) is 0.538. The maximum atomic E-state index is 13.0. The molecule has 2 heterocycles. The number of piperidine rings is 1. The van der Waals surface area contributed by atoms with Crippen molar-refractivity contribution < 1.29 is 28.6 Å². The molecule has 3 rings (SSSR count). The molecule has 0 bridgehead atoms. The number of benzene rings is 1. The molecule has 2 atom stereocenters. The molecule has 0 N–H and O–H groups in total. The van der Waals surface area contributed by atoms with Gasteiger partial charge in [0.1, 0.15) is 5.60 Å². The number of carbonyl (C=O) groups excluding carboxylic acids is 3. The molecule has 7 heteroatoms. The number of amides is 1. The van der Waals surface area contributed by atoms with Gasteiger partial charge in [-0.1, -0.05) is 30.3 Å². The summed E-state index contributed by atoms with van der Waals surface area (Å²) < 4.78 is 16.4. The van der Waals surface area contributed by atoms with Crippen molar-refractivity contribution in [3.63, 3.8) is 0 Å². The molecule has 164 valence electrons. The van der Waals surface area contributed by atoms with E-state index in [1.54, 1.807) is 18.7 Å². The molecule has 0 spiro atoms. The molecule has 0 aromatic heterocycles. The standard InChI is InChI=1S/C23H31NO6/c1-15-14-23(16-10-8-7-9-11-16,12-13-24(15)20(27)30-21(2,3)4)17-18(25)28-22(5,6)29-19(17)26/h7-11,15,17H,12-14H2,1-6H3. The Morgan fingerprint density at radius 2 is 1.67 bits per heavy atom. The van der Waals surface area contributed by atoms with Gasteiger partial charge in [0, 0.05) is 31.8 Å². The largest absolute Gasteiger partial charge is 0.444 e. The van der Waals surface area contributed by atoms with Crippen LogP contribution in [0.4, 0.5) is 4.79 Å². The summed E-state index contributed by atoms with van der Waals surface area (Å²) in [6, 6.07) is 9.23. The lowest BCUT2D eigenvalue weighted by molar-refractivity contribution is -0.244. The molecule has 2 unspecified atom stereocenters. The number of ether oxygens (including phenoxy) is 3. The number of nitrogens with zero attached hydrogens (tertiary/aromatic N) is 1. The first kappa shape index (κ1) is 22.1. The van der Waals surface area contributed by atoms with Crippen LogP contribution in [0.1, 0.15) is 59.9 Å². The van der Waals surface area contributed by atoms with Crippen LogP contribution in [0.2, 0.25) is 0 Å². The minimum absolute atomic E-state index is 0.246. The first-order valence-corrected chi connectivity index (χ1v) is 10.4. The van der Waals surface area contributed by atoms with Crippen LogP contribution in [-0.2, 0) is 29.2 Å². The summed E-state index contributed by atoms with van der Waals surface area (Å²) in [6.07, 6.45) is 0.424. The number of esters is 2. The van der Waals surface area contributed by atoms with E-state index in [-0.39, 0.29) is 6.04 Å². The van der Waals surface area contributed by atoms with Gasteiger partial charge in [0.15, 0.2) is 5.92 Å². The SMILES string of the molecule is CC1CC(c2ccccc2)(C2C(=O)OC(C)(C)OC2=O)CCN1C(=O)OC(C)(C)C. The lowest BCUT2D eigenvalue weighted by atomic mass is 9.62. The van der Waals surface area contributed by atoms with Crippen LogP contribution in [0.15, 0.2) is 30.3 Å². The van der Waals surface area contributed by atoms with E-state index < -0.39 is 40.8 Å². The number of carbonyl (C=O) groups is 3. The van der Waals surface area contributed by atoms with Gasteiger partial charge in [-0.05, 0) is 46.1 Å². The highest BCUT2D eigenvalue weighted by Gasteiger charge is 2.57. The summed E-state index contributed by atoms with van der Waals surface area (Å²) in [4.78, 5) is 40.3. The number of likely N-dealkylation sites (tertiary alicyclic amines) is 1. The Morgan fingerprint density at radius 3 is 2.17 bits per heavy atom. The van der Waals surface area contributed by atoms with E-state index in [4.69, 9.17) is 14.2 Å². The van der Waals surface area contributed by atoms with Gasteiger partial charge in [-0.15, -0.1) is 0 Å². The van der Waals surface area contributed by atoms with E-state index in [1.165, 1.54) is 0 Å². The molecular formula is C23H31NO6. The minimum Gasteiger partial charge on any atom is -0.444 e. The highest BCUT2D eigenvalue weighted by atomic mass is 16.7. The molecule has 2 aliphatic heterocycles. The topological polar surface area (TPSA) is 82.1 Å². The molecule has 2 saturated heterocycles. The molecule has 2 fully saturated rings. The second-order valence-corrected chi connectivity index (χ2v) is 9.67. The van der Waals surface area contributed by atoms with Crippen molar-refractivity contribution in [1.29, 1.82) is 0 Å². The summed E-state index contributed by atoms with van der Waals surface area (Å²) in [6.45, 7) is 10.8. The van der Waals surface area contributed by atoms with Gasteiger partial charge >= 0.3 is 18.0 Å². The monoisotopic (exact) mass is 417 g/mol. The Kier molecular flexibility index (Phi) is 5.60. The zero-order valence-electron chi connectivity index (χ0n) is 18.6. The van der Waals surface area contributed by atoms with E-state index in [0.717, 1.165) is 5.56 Å². The Hall–Kier alpha value is -2.57. The van der Waals surface area contributed by atoms with Crippen LogP contribution < -0.4 is 0 Å². The molecule has 7 nitrogen and oxygen atoms in total. The minimum atomic E-state index is -1.29. The van der Waals surface area contributed by atoms with Gasteiger partial charge in [0.25, 0.3) is 5.79 Å². The lowest BCUT2D eigenvalue weighted by Crippen LogP contribution is -2.60. The third-order valence-corrected chi connectivity index (χ3v) is 5.68. The Balaban J connectivity index is 1.96. The van der Waals surface area contributed by atoms with Crippen LogP contribution in [-0.4, -0.2) is 46.9 Å². The van der Waals surface area contributed by atoms with Crippen molar-refractivity contribution in [3.05, 3.63) is 35.9 Å². The Labute approximate surface area is 177 Å². The van der Waals surface area contributed by atoms with Crippen molar-refractivity contribution in [2.45, 2.75) is 77.2 Å². The molecule has 2 aliphatic rings. The highest BCUT2D eigenvalue weighted by molar-refractivity contribution is 5.98. The Morgan fingerprint density at radius 1 is 1.10 bits per heavy atom. The van der Waals surface area contributed by atoms with Crippen LogP contribution >= 0.6 is 0 Å². The number of cyclic esters (lactones) is 2. The van der Waals surface area contributed by atoms with Gasteiger partial charge in [0.2, 0.25) is 0 Å². The van der Waals surface area contributed by atoms with Crippen molar-refractivity contribution in [1.82, 2.24) is 4.90 Å². The summed E-state index contributed by atoms with van der Waals surface area (Å²) >= 11 is 0. The maximum absolute atomic E-state index is 13.0. The smallest absolute Gasteiger partial charge is 0.410 e. The van der Waals surface area contributed by atoms with Crippen molar-refractivity contribution in [2.24, 2.45) is 5.92 Å².